The van der Waals surface area contributed by atoms with Gasteiger partial charge < -0.3 is 23.8 Å². The molecule has 31 heavy (non-hydrogen) atoms. The highest BCUT2D eigenvalue weighted by Gasteiger charge is 2.27. The number of ether oxygens (including phenoxy) is 4. The van der Waals surface area contributed by atoms with Gasteiger partial charge in [-0.3, -0.25) is 4.79 Å². The van der Waals surface area contributed by atoms with Gasteiger partial charge in [0.2, 0.25) is 15.8 Å². The average molecular weight is 459 g/mol. The number of piperazine rings is 1. The van der Waals surface area contributed by atoms with Crippen LogP contribution in [0.2, 0.25) is 0 Å². The standard InChI is InChI=1S/C20H30N2O8S/c1-5-27-16-12-15(13-17(28-6-2)19(16)29-7-3)20(24)30-14-18(23)21-8-10-22(11-9-21)31(4,25)26/h12-13H,5-11,14H2,1-4H3. The van der Waals surface area contributed by atoms with E-state index in [4.69, 9.17) is 18.9 Å². The highest BCUT2D eigenvalue weighted by Crippen LogP contribution is 2.39. The van der Waals surface area contributed by atoms with Crippen LogP contribution in [0.1, 0.15) is 31.1 Å². The van der Waals surface area contributed by atoms with Crippen LogP contribution in [0, 0.1) is 0 Å². The van der Waals surface area contributed by atoms with Crippen molar-refractivity contribution >= 4 is 21.9 Å². The monoisotopic (exact) mass is 458 g/mol. The fourth-order valence-electron chi connectivity index (χ4n) is 3.08. The van der Waals surface area contributed by atoms with E-state index in [9.17, 15) is 18.0 Å². The number of hydrogen-bond acceptors (Lipinski definition) is 8. The first-order chi connectivity index (χ1) is 14.7. The summed E-state index contributed by atoms with van der Waals surface area (Å²) >= 11 is 0. The van der Waals surface area contributed by atoms with Crippen LogP contribution in [0.4, 0.5) is 0 Å². The SMILES string of the molecule is CCOc1cc(C(=O)OCC(=O)N2CCN(S(C)(=O)=O)CC2)cc(OCC)c1OCC. The van der Waals surface area contributed by atoms with Gasteiger partial charge in [-0.15, -0.1) is 0 Å². The molecule has 1 amide bonds. The molecule has 1 aliphatic rings. The minimum atomic E-state index is -3.29. The lowest BCUT2D eigenvalue weighted by atomic mass is 10.2. The lowest BCUT2D eigenvalue weighted by Gasteiger charge is -2.33. The van der Waals surface area contributed by atoms with Crippen LogP contribution >= 0.6 is 0 Å². The van der Waals surface area contributed by atoms with Crippen molar-refractivity contribution in [1.29, 1.82) is 0 Å². The Morgan fingerprint density at radius 1 is 0.903 bits per heavy atom. The van der Waals surface area contributed by atoms with E-state index in [2.05, 4.69) is 0 Å². The molecule has 0 saturated carbocycles. The van der Waals surface area contributed by atoms with Crippen molar-refractivity contribution in [2.45, 2.75) is 20.8 Å². The first kappa shape index (κ1) is 24.7. The zero-order chi connectivity index (χ0) is 23.0. The number of rotatable bonds is 10. The van der Waals surface area contributed by atoms with Crippen molar-refractivity contribution in [3.8, 4) is 17.2 Å². The Morgan fingerprint density at radius 2 is 1.42 bits per heavy atom. The van der Waals surface area contributed by atoms with Crippen molar-refractivity contribution in [2.75, 3.05) is 58.9 Å². The first-order valence-corrected chi connectivity index (χ1v) is 12.0. The smallest absolute Gasteiger partial charge is 0.338 e. The van der Waals surface area contributed by atoms with Gasteiger partial charge in [-0.1, -0.05) is 0 Å². The number of hydrogen-bond donors (Lipinski definition) is 0. The van der Waals surface area contributed by atoms with Gasteiger partial charge in [-0.2, -0.15) is 4.31 Å². The third-order valence-electron chi connectivity index (χ3n) is 4.53. The summed E-state index contributed by atoms with van der Waals surface area (Å²) in [6.07, 6.45) is 1.14. The molecule has 0 atom stereocenters. The van der Waals surface area contributed by atoms with Gasteiger partial charge in [0.05, 0.1) is 31.6 Å². The summed E-state index contributed by atoms with van der Waals surface area (Å²) in [4.78, 5) is 26.4. The van der Waals surface area contributed by atoms with E-state index >= 15 is 0 Å². The largest absolute Gasteiger partial charge is 0.490 e. The van der Waals surface area contributed by atoms with Gasteiger partial charge in [-0.25, -0.2) is 13.2 Å². The van der Waals surface area contributed by atoms with E-state index in [-0.39, 0.29) is 37.6 Å². The maximum absolute atomic E-state index is 12.6. The Balaban J connectivity index is 2.05. The summed E-state index contributed by atoms with van der Waals surface area (Å²) in [5.41, 5.74) is 0.171. The van der Waals surface area contributed by atoms with Crippen LogP contribution < -0.4 is 14.2 Å². The number of sulfonamides is 1. The van der Waals surface area contributed by atoms with Gasteiger partial charge in [0, 0.05) is 26.2 Å². The van der Waals surface area contributed by atoms with E-state index in [1.807, 2.05) is 20.8 Å². The van der Waals surface area contributed by atoms with Crippen LogP contribution in [0.15, 0.2) is 12.1 Å². The van der Waals surface area contributed by atoms with Gasteiger partial charge >= 0.3 is 5.97 Å². The van der Waals surface area contributed by atoms with Crippen LogP contribution in [0.3, 0.4) is 0 Å². The molecule has 2 rings (SSSR count). The second-order valence-corrected chi connectivity index (χ2v) is 8.70. The molecule has 1 saturated heterocycles. The summed E-state index contributed by atoms with van der Waals surface area (Å²) in [6.45, 7) is 7.04. The Morgan fingerprint density at radius 3 is 1.87 bits per heavy atom. The predicted octanol–water partition coefficient (Wildman–Crippen LogP) is 1.14. The molecule has 0 aromatic heterocycles. The number of nitrogens with zero attached hydrogens (tertiary/aromatic N) is 2. The molecule has 0 unspecified atom stereocenters. The molecule has 0 N–H and O–H groups in total. The summed E-state index contributed by atoms with van der Waals surface area (Å²) in [7, 11) is -3.29. The molecular formula is C20H30N2O8S. The summed E-state index contributed by atoms with van der Waals surface area (Å²) in [6, 6.07) is 2.99. The van der Waals surface area contributed by atoms with E-state index in [1.165, 1.54) is 21.3 Å². The lowest BCUT2D eigenvalue weighted by molar-refractivity contribution is -0.135. The lowest BCUT2D eigenvalue weighted by Crippen LogP contribution is -2.51. The molecule has 0 radical (unpaired) electrons. The zero-order valence-corrected chi connectivity index (χ0v) is 19.2. The molecule has 1 heterocycles. The van der Waals surface area contributed by atoms with Crippen molar-refractivity contribution in [3.05, 3.63) is 17.7 Å². The van der Waals surface area contributed by atoms with Crippen molar-refractivity contribution in [2.24, 2.45) is 0 Å². The molecule has 0 bridgehead atoms. The number of esters is 1. The molecule has 174 valence electrons. The minimum absolute atomic E-state index is 0.171. The fourth-order valence-corrected chi connectivity index (χ4v) is 3.90. The second kappa shape index (κ2) is 11.2. The first-order valence-electron chi connectivity index (χ1n) is 10.2. The Kier molecular flexibility index (Phi) is 8.93. The van der Waals surface area contributed by atoms with Crippen LogP contribution in [0.5, 0.6) is 17.2 Å². The molecule has 1 aliphatic heterocycles. The fraction of sp³-hybridized carbons (Fsp3) is 0.600. The van der Waals surface area contributed by atoms with Crippen molar-refractivity contribution in [3.63, 3.8) is 0 Å². The Labute approximate surface area is 183 Å². The van der Waals surface area contributed by atoms with E-state index in [0.717, 1.165) is 6.26 Å². The average Bonchev–Trinajstić information content (AvgIpc) is 2.73. The van der Waals surface area contributed by atoms with Gasteiger partial charge in [-0.05, 0) is 32.9 Å². The molecule has 1 fully saturated rings. The van der Waals surface area contributed by atoms with E-state index in [1.54, 1.807) is 0 Å². The van der Waals surface area contributed by atoms with E-state index in [0.29, 0.717) is 37.1 Å². The summed E-state index contributed by atoms with van der Waals surface area (Å²) < 4.78 is 46.4. The minimum Gasteiger partial charge on any atom is -0.490 e. The number of amides is 1. The highest BCUT2D eigenvalue weighted by atomic mass is 32.2. The molecular weight excluding hydrogens is 428 g/mol. The summed E-state index contributed by atoms with van der Waals surface area (Å²) in [5, 5.41) is 0. The number of benzene rings is 1. The predicted molar refractivity (Wildman–Crippen MR) is 113 cm³/mol. The van der Waals surface area contributed by atoms with Crippen molar-refractivity contribution < 1.29 is 37.0 Å². The third-order valence-corrected chi connectivity index (χ3v) is 5.84. The van der Waals surface area contributed by atoms with Crippen molar-refractivity contribution in [1.82, 2.24) is 9.21 Å². The number of carbonyl (C=O) groups is 2. The zero-order valence-electron chi connectivity index (χ0n) is 18.4. The quantitative estimate of drug-likeness (QED) is 0.480. The maximum atomic E-state index is 12.6. The van der Waals surface area contributed by atoms with Gasteiger partial charge in [0.1, 0.15) is 0 Å². The highest BCUT2D eigenvalue weighted by molar-refractivity contribution is 7.88. The second-order valence-electron chi connectivity index (χ2n) is 6.72. The van der Waals surface area contributed by atoms with E-state index < -0.39 is 22.6 Å². The molecule has 1 aromatic rings. The topological polar surface area (TPSA) is 112 Å². The Bertz CT molecular complexity index is 852. The third kappa shape index (κ3) is 6.73. The van der Waals surface area contributed by atoms with Crippen LogP contribution in [-0.4, -0.2) is 88.4 Å². The van der Waals surface area contributed by atoms with Crippen LogP contribution in [0.25, 0.3) is 0 Å². The molecule has 11 heteroatoms. The summed E-state index contributed by atoms with van der Waals surface area (Å²) in [5.74, 6) is 0.0223. The molecule has 10 nitrogen and oxygen atoms in total. The molecule has 0 aliphatic carbocycles. The maximum Gasteiger partial charge on any atom is 0.338 e. The van der Waals surface area contributed by atoms with Gasteiger partial charge in [0.25, 0.3) is 5.91 Å². The molecule has 1 aromatic carbocycles. The normalized spacial score (nSPS) is 14.8. The Hall–Kier alpha value is -2.53. The van der Waals surface area contributed by atoms with Crippen LogP contribution in [-0.2, 0) is 19.6 Å². The number of carbonyl (C=O) groups excluding carboxylic acids is 2. The molecule has 0 spiro atoms. The van der Waals surface area contributed by atoms with Gasteiger partial charge in [0.15, 0.2) is 18.1 Å².